The summed E-state index contributed by atoms with van der Waals surface area (Å²) in [6, 6.07) is 14.6. The number of hydrogen-bond donors (Lipinski definition) is 1. The molecule has 1 atom stereocenters. The van der Waals surface area contributed by atoms with Gasteiger partial charge in [-0.3, -0.25) is 9.59 Å². The van der Waals surface area contributed by atoms with Crippen molar-refractivity contribution in [1.29, 1.82) is 0 Å². The van der Waals surface area contributed by atoms with Gasteiger partial charge in [-0.15, -0.1) is 0 Å². The van der Waals surface area contributed by atoms with Crippen molar-refractivity contribution < 1.29 is 9.59 Å². The van der Waals surface area contributed by atoms with Gasteiger partial charge in [0.1, 0.15) is 6.04 Å². The van der Waals surface area contributed by atoms with Crippen LogP contribution in [-0.2, 0) is 22.6 Å². The van der Waals surface area contributed by atoms with E-state index >= 15 is 0 Å². The average molecular weight is 447 g/mol. The first-order valence-electron chi connectivity index (χ1n) is 10.5. The molecule has 2 amide bonds. The van der Waals surface area contributed by atoms with E-state index < -0.39 is 6.04 Å². The van der Waals surface area contributed by atoms with Crippen molar-refractivity contribution in [3.63, 3.8) is 0 Å². The molecule has 1 aliphatic rings. The zero-order valence-corrected chi connectivity index (χ0v) is 18.8. The van der Waals surface area contributed by atoms with Crippen LogP contribution in [0.15, 0.2) is 48.5 Å². The molecule has 30 heavy (non-hydrogen) atoms. The second-order valence-corrected chi connectivity index (χ2v) is 8.68. The van der Waals surface area contributed by atoms with E-state index in [9.17, 15) is 9.59 Å². The van der Waals surface area contributed by atoms with Crippen LogP contribution in [-0.4, -0.2) is 28.8 Å². The molecule has 1 aliphatic carbocycles. The fraction of sp³-hybridized carbons (Fsp3) is 0.417. The summed E-state index contributed by atoms with van der Waals surface area (Å²) in [6.45, 7) is 2.08. The SMILES string of the molecule is CC(C(=O)NC1CCCC1)N(Cc1ccccc1Cl)C(=O)CCc1ccccc1Cl. The van der Waals surface area contributed by atoms with Crippen molar-refractivity contribution in [2.24, 2.45) is 0 Å². The van der Waals surface area contributed by atoms with Crippen molar-refractivity contribution in [2.75, 3.05) is 0 Å². The molecule has 0 saturated heterocycles. The van der Waals surface area contributed by atoms with E-state index in [4.69, 9.17) is 23.2 Å². The predicted molar refractivity (Wildman–Crippen MR) is 122 cm³/mol. The lowest BCUT2D eigenvalue weighted by atomic mass is 10.1. The van der Waals surface area contributed by atoms with Crippen LogP contribution in [0.2, 0.25) is 10.0 Å². The molecule has 0 spiro atoms. The highest BCUT2D eigenvalue weighted by molar-refractivity contribution is 6.31. The molecule has 2 aromatic rings. The molecule has 3 rings (SSSR count). The Kier molecular flexibility index (Phi) is 8.17. The summed E-state index contributed by atoms with van der Waals surface area (Å²) < 4.78 is 0. The Morgan fingerprint density at radius 2 is 1.57 bits per heavy atom. The van der Waals surface area contributed by atoms with Crippen molar-refractivity contribution in [3.05, 3.63) is 69.7 Å². The highest BCUT2D eigenvalue weighted by Gasteiger charge is 2.28. The standard InChI is InChI=1S/C24H28Cl2N2O2/c1-17(24(30)27-20-10-4-5-11-20)28(16-19-9-3-7-13-22(19)26)23(29)15-14-18-8-2-6-12-21(18)25/h2-3,6-9,12-13,17,20H,4-5,10-11,14-16H2,1H3,(H,27,30). The lowest BCUT2D eigenvalue weighted by molar-refractivity contribution is -0.140. The first kappa shape index (κ1) is 22.6. The van der Waals surface area contributed by atoms with E-state index in [0.717, 1.165) is 36.8 Å². The molecule has 1 saturated carbocycles. The number of amides is 2. The minimum Gasteiger partial charge on any atom is -0.352 e. The van der Waals surface area contributed by atoms with Gasteiger partial charge in [-0.25, -0.2) is 0 Å². The Hall–Kier alpha value is -2.04. The third-order valence-corrected chi connectivity index (χ3v) is 6.47. The zero-order valence-electron chi connectivity index (χ0n) is 17.2. The van der Waals surface area contributed by atoms with Crippen LogP contribution in [0.25, 0.3) is 0 Å². The summed E-state index contributed by atoms with van der Waals surface area (Å²) >= 11 is 12.6. The fourth-order valence-electron chi connectivity index (χ4n) is 3.87. The minimum atomic E-state index is -0.583. The summed E-state index contributed by atoms with van der Waals surface area (Å²) in [5, 5.41) is 4.35. The number of nitrogens with one attached hydrogen (secondary N) is 1. The van der Waals surface area contributed by atoms with Gasteiger partial charge >= 0.3 is 0 Å². The van der Waals surface area contributed by atoms with Crippen LogP contribution in [0.5, 0.6) is 0 Å². The maximum absolute atomic E-state index is 13.2. The second kappa shape index (κ2) is 10.8. The summed E-state index contributed by atoms with van der Waals surface area (Å²) in [5.41, 5.74) is 1.75. The number of aryl methyl sites for hydroxylation is 1. The van der Waals surface area contributed by atoms with E-state index in [1.807, 2.05) is 42.5 Å². The summed E-state index contributed by atoms with van der Waals surface area (Å²) in [5.74, 6) is -0.205. The predicted octanol–water partition coefficient (Wildman–Crippen LogP) is 5.40. The molecule has 4 nitrogen and oxygen atoms in total. The normalized spacial score (nSPS) is 15.0. The Labute approximate surface area is 188 Å². The zero-order chi connectivity index (χ0) is 21.5. The highest BCUT2D eigenvalue weighted by Crippen LogP contribution is 2.22. The van der Waals surface area contributed by atoms with E-state index in [1.165, 1.54) is 0 Å². The monoisotopic (exact) mass is 446 g/mol. The van der Waals surface area contributed by atoms with Gasteiger partial charge in [-0.1, -0.05) is 72.4 Å². The van der Waals surface area contributed by atoms with E-state index in [1.54, 1.807) is 17.9 Å². The van der Waals surface area contributed by atoms with Crippen LogP contribution in [0.4, 0.5) is 0 Å². The molecule has 160 valence electrons. The molecular formula is C24H28Cl2N2O2. The summed E-state index contributed by atoms with van der Waals surface area (Å²) in [7, 11) is 0. The number of rotatable bonds is 8. The molecule has 0 bridgehead atoms. The van der Waals surface area contributed by atoms with E-state index in [2.05, 4.69) is 5.32 Å². The Bertz CT molecular complexity index is 881. The molecule has 1 N–H and O–H groups in total. The number of nitrogens with zero attached hydrogens (tertiary/aromatic N) is 1. The molecule has 0 aliphatic heterocycles. The van der Waals surface area contributed by atoms with E-state index in [-0.39, 0.29) is 24.3 Å². The molecule has 1 fully saturated rings. The molecule has 6 heteroatoms. The maximum atomic E-state index is 13.2. The molecule has 2 aromatic carbocycles. The van der Waals surface area contributed by atoms with Gasteiger partial charge in [0, 0.05) is 29.1 Å². The van der Waals surface area contributed by atoms with Crippen LogP contribution in [0.3, 0.4) is 0 Å². The number of carbonyl (C=O) groups excluding carboxylic acids is 2. The smallest absolute Gasteiger partial charge is 0.242 e. The minimum absolute atomic E-state index is 0.0936. The van der Waals surface area contributed by atoms with Gasteiger partial charge in [-0.2, -0.15) is 0 Å². The Morgan fingerprint density at radius 1 is 1.00 bits per heavy atom. The van der Waals surface area contributed by atoms with Gasteiger partial charge in [0.2, 0.25) is 11.8 Å². The van der Waals surface area contributed by atoms with Crippen LogP contribution in [0, 0.1) is 0 Å². The second-order valence-electron chi connectivity index (χ2n) is 7.87. The number of hydrogen-bond acceptors (Lipinski definition) is 2. The third kappa shape index (κ3) is 5.99. The molecule has 0 aromatic heterocycles. The van der Waals surface area contributed by atoms with Crippen LogP contribution < -0.4 is 5.32 Å². The van der Waals surface area contributed by atoms with Crippen molar-refractivity contribution in [3.8, 4) is 0 Å². The summed E-state index contributed by atoms with van der Waals surface area (Å²) in [4.78, 5) is 27.7. The quantitative estimate of drug-likeness (QED) is 0.589. The van der Waals surface area contributed by atoms with Crippen LogP contribution in [0.1, 0.15) is 50.2 Å². The van der Waals surface area contributed by atoms with Crippen molar-refractivity contribution in [1.82, 2.24) is 10.2 Å². The number of carbonyl (C=O) groups is 2. The fourth-order valence-corrected chi connectivity index (χ4v) is 4.30. The van der Waals surface area contributed by atoms with Gasteiger partial charge in [0.05, 0.1) is 0 Å². The topological polar surface area (TPSA) is 49.4 Å². The maximum Gasteiger partial charge on any atom is 0.242 e. The van der Waals surface area contributed by atoms with Gasteiger partial charge in [0.15, 0.2) is 0 Å². The highest BCUT2D eigenvalue weighted by atomic mass is 35.5. The van der Waals surface area contributed by atoms with Gasteiger partial charge in [0.25, 0.3) is 0 Å². The molecule has 0 heterocycles. The Balaban J connectivity index is 1.73. The lowest BCUT2D eigenvalue weighted by Gasteiger charge is -2.30. The van der Waals surface area contributed by atoms with Gasteiger partial charge < -0.3 is 10.2 Å². The first-order chi connectivity index (χ1) is 14.5. The van der Waals surface area contributed by atoms with Crippen LogP contribution >= 0.6 is 23.2 Å². The van der Waals surface area contributed by atoms with Crippen molar-refractivity contribution in [2.45, 2.75) is 64.1 Å². The number of benzene rings is 2. The first-order valence-corrected chi connectivity index (χ1v) is 11.3. The summed E-state index contributed by atoms with van der Waals surface area (Å²) in [6.07, 6.45) is 5.08. The average Bonchev–Trinajstić information content (AvgIpc) is 3.25. The number of halogens is 2. The van der Waals surface area contributed by atoms with E-state index in [0.29, 0.717) is 23.0 Å². The van der Waals surface area contributed by atoms with Crippen molar-refractivity contribution >= 4 is 35.0 Å². The molecular weight excluding hydrogens is 419 g/mol. The van der Waals surface area contributed by atoms with Gasteiger partial charge in [-0.05, 0) is 49.4 Å². The third-order valence-electron chi connectivity index (χ3n) is 5.73. The molecule has 0 radical (unpaired) electrons. The lowest BCUT2D eigenvalue weighted by Crippen LogP contribution is -2.49. The Morgan fingerprint density at radius 3 is 2.17 bits per heavy atom. The molecule has 1 unspecified atom stereocenters. The largest absolute Gasteiger partial charge is 0.352 e.